The molecule has 0 spiro atoms. The highest BCUT2D eigenvalue weighted by molar-refractivity contribution is 5.36. The first-order valence-corrected chi connectivity index (χ1v) is 9.14. The Labute approximate surface area is 130 Å². The fourth-order valence-electron chi connectivity index (χ4n) is 4.75. The third kappa shape index (κ3) is 2.90. The van der Waals surface area contributed by atoms with Gasteiger partial charge in [-0.05, 0) is 73.6 Å². The summed E-state index contributed by atoms with van der Waals surface area (Å²) in [6.07, 6.45) is 12.3. The minimum atomic E-state index is 0.499. The summed E-state index contributed by atoms with van der Waals surface area (Å²) in [6.45, 7) is 5.72. The molecule has 1 N–H and O–H groups in total. The number of benzene rings is 1. The van der Waals surface area contributed by atoms with E-state index in [1.807, 2.05) is 0 Å². The fraction of sp³-hybridized carbons (Fsp3) is 0.700. The second-order valence-corrected chi connectivity index (χ2v) is 7.15. The number of nitrogens with one attached hydrogen (secondary N) is 1. The lowest BCUT2D eigenvalue weighted by Gasteiger charge is -2.38. The summed E-state index contributed by atoms with van der Waals surface area (Å²) in [5, 5.41) is 3.84. The SMILES string of the molecule is CCNC(c1ccc2c(c1)CCCC2)C1(CC)CCCC1. The summed E-state index contributed by atoms with van der Waals surface area (Å²) < 4.78 is 0. The summed E-state index contributed by atoms with van der Waals surface area (Å²) in [4.78, 5) is 0. The molecular weight excluding hydrogens is 254 g/mol. The zero-order valence-corrected chi connectivity index (χ0v) is 13.9. The Balaban J connectivity index is 1.93. The van der Waals surface area contributed by atoms with E-state index >= 15 is 0 Å². The quantitative estimate of drug-likeness (QED) is 0.785. The van der Waals surface area contributed by atoms with Crippen LogP contribution >= 0.6 is 0 Å². The highest BCUT2D eigenvalue weighted by atomic mass is 14.9. The van der Waals surface area contributed by atoms with Crippen LogP contribution in [0.1, 0.15) is 81.5 Å². The summed E-state index contributed by atoms with van der Waals surface area (Å²) in [5.41, 5.74) is 5.29. The van der Waals surface area contributed by atoms with Gasteiger partial charge in [0.2, 0.25) is 0 Å². The average Bonchev–Trinajstić information content (AvgIpc) is 3.02. The molecule has 1 aromatic carbocycles. The van der Waals surface area contributed by atoms with Crippen LogP contribution in [-0.2, 0) is 12.8 Å². The summed E-state index contributed by atoms with van der Waals surface area (Å²) in [7, 11) is 0. The number of hydrogen-bond donors (Lipinski definition) is 1. The van der Waals surface area contributed by atoms with Crippen molar-refractivity contribution in [3.63, 3.8) is 0 Å². The van der Waals surface area contributed by atoms with Crippen LogP contribution in [0.25, 0.3) is 0 Å². The molecule has 1 fully saturated rings. The van der Waals surface area contributed by atoms with E-state index in [9.17, 15) is 0 Å². The Hall–Kier alpha value is -0.820. The highest BCUT2D eigenvalue weighted by Gasteiger charge is 2.40. The molecule has 0 saturated heterocycles. The van der Waals surface area contributed by atoms with Crippen molar-refractivity contribution in [2.45, 2.75) is 77.7 Å². The molecule has 2 aliphatic rings. The molecule has 1 heteroatoms. The van der Waals surface area contributed by atoms with Crippen LogP contribution in [0.15, 0.2) is 18.2 Å². The number of rotatable bonds is 5. The first-order valence-electron chi connectivity index (χ1n) is 9.14. The normalized spacial score (nSPS) is 22.0. The molecule has 3 rings (SSSR count). The van der Waals surface area contributed by atoms with Gasteiger partial charge in [0.15, 0.2) is 0 Å². The van der Waals surface area contributed by atoms with Gasteiger partial charge in [-0.15, -0.1) is 0 Å². The van der Waals surface area contributed by atoms with E-state index < -0.39 is 0 Å². The van der Waals surface area contributed by atoms with E-state index in [4.69, 9.17) is 0 Å². The maximum absolute atomic E-state index is 3.84. The molecule has 0 bridgehead atoms. The van der Waals surface area contributed by atoms with Crippen molar-refractivity contribution in [2.24, 2.45) is 5.41 Å². The molecular formula is C20H31N. The van der Waals surface area contributed by atoms with Crippen LogP contribution in [0, 0.1) is 5.41 Å². The van der Waals surface area contributed by atoms with Crippen LogP contribution in [0.3, 0.4) is 0 Å². The maximum Gasteiger partial charge on any atom is 0.0377 e. The predicted octanol–water partition coefficient (Wildman–Crippen LogP) is 5.19. The van der Waals surface area contributed by atoms with Gasteiger partial charge >= 0.3 is 0 Å². The van der Waals surface area contributed by atoms with Crippen LogP contribution in [-0.4, -0.2) is 6.54 Å². The number of hydrogen-bond acceptors (Lipinski definition) is 1. The molecule has 0 aliphatic heterocycles. The molecule has 1 saturated carbocycles. The molecule has 1 atom stereocenters. The lowest BCUT2D eigenvalue weighted by Crippen LogP contribution is -2.36. The van der Waals surface area contributed by atoms with Gasteiger partial charge in [0.05, 0.1) is 0 Å². The minimum absolute atomic E-state index is 0.499. The Morgan fingerprint density at radius 1 is 1.00 bits per heavy atom. The lowest BCUT2D eigenvalue weighted by atomic mass is 9.72. The standard InChI is InChI=1S/C20H31N/c1-3-20(13-7-8-14-20)19(21-4-2)18-12-11-16-9-5-6-10-17(16)15-18/h11-12,15,19,21H,3-10,13-14H2,1-2H3. The fourth-order valence-corrected chi connectivity index (χ4v) is 4.75. The third-order valence-electron chi connectivity index (χ3n) is 6.03. The number of aryl methyl sites for hydroxylation is 2. The van der Waals surface area contributed by atoms with Gasteiger partial charge in [0.25, 0.3) is 0 Å². The largest absolute Gasteiger partial charge is 0.310 e. The van der Waals surface area contributed by atoms with Crippen molar-refractivity contribution >= 4 is 0 Å². The van der Waals surface area contributed by atoms with E-state index in [1.54, 1.807) is 16.7 Å². The van der Waals surface area contributed by atoms with Crippen molar-refractivity contribution in [2.75, 3.05) is 6.54 Å². The van der Waals surface area contributed by atoms with Crippen molar-refractivity contribution in [1.29, 1.82) is 0 Å². The van der Waals surface area contributed by atoms with Crippen LogP contribution in [0.5, 0.6) is 0 Å². The summed E-state index contributed by atoms with van der Waals surface area (Å²) >= 11 is 0. The molecule has 1 unspecified atom stereocenters. The number of fused-ring (bicyclic) bond motifs is 1. The van der Waals surface area contributed by atoms with E-state index in [2.05, 4.69) is 37.4 Å². The molecule has 0 amide bonds. The molecule has 116 valence electrons. The van der Waals surface area contributed by atoms with Gasteiger partial charge in [0, 0.05) is 6.04 Å². The van der Waals surface area contributed by atoms with E-state index in [0.717, 1.165) is 6.54 Å². The van der Waals surface area contributed by atoms with Gasteiger partial charge < -0.3 is 5.32 Å². The van der Waals surface area contributed by atoms with Crippen molar-refractivity contribution < 1.29 is 0 Å². The van der Waals surface area contributed by atoms with E-state index in [1.165, 1.54) is 57.8 Å². The minimum Gasteiger partial charge on any atom is -0.310 e. The Morgan fingerprint density at radius 3 is 2.38 bits per heavy atom. The second kappa shape index (κ2) is 6.52. The van der Waals surface area contributed by atoms with Gasteiger partial charge in [-0.3, -0.25) is 0 Å². The molecule has 21 heavy (non-hydrogen) atoms. The summed E-state index contributed by atoms with van der Waals surface area (Å²) in [6, 6.07) is 7.94. The van der Waals surface area contributed by atoms with Gasteiger partial charge in [-0.1, -0.05) is 44.9 Å². The summed E-state index contributed by atoms with van der Waals surface area (Å²) in [5.74, 6) is 0. The monoisotopic (exact) mass is 285 g/mol. The van der Waals surface area contributed by atoms with Crippen molar-refractivity contribution in [3.8, 4) is 0 Å². The Bertz CT molecular complexity index is 471. The molecule has 0 heterocycles. The predicted molar refractivity (Wildman–Crippen MR) is 90.7 cm³/mol. The average molecular weight is 285 g/mol. The first-order chi connectivity index (χ1) is 10.3. The Morgan fingerprint density at radius 2 is 1.71 bits per heavy atom. The van der Waals surface area contributed by atoms with Crippen LogP contribution in [0.2, 0.25) is 0 Å². The molecule has 2 aliphatic carbocycles. The third-order valence-corrected chi connectivity index (χ3v) is 6.03. The molecule has 0 radical (unpaired) electrons. The molecule has 1 aromatic rings. The van der Waals surface area contributed by atoms with Gasteiger partial charge in [-0.2, -0.15) is 0 Å². The highest BCUT2D eigenvalue weighted by Crippen LogP contribution is 2.50. The lowest BCUT2D eigenvalue weighted by molar-refractivity contribution is 0.189. The van der Waals surface area contributed by atoms with Crippen molar-refractivity contribution in [1.82, 2.24) is 5.32 Å². The zero-order valence-electron chi connectivity index (χ0n) is 13.9. The van der Waals surface area contributed by atoms with E-state index in [-0.39, 0.29) is 0 Å². The Kier molecular flexibility index (Phi) is 4.69. The zero-order chi connectivity index (χ0) is 14.7. The maximum atomic E-state index is 3.84. The van der Waals surface area contributed by atoms with Crippen LogP contribution < -0.4 is 5.32 Å². The van der Waals surface area contributed by atoms with Crippen LogP contribution in [0.4, 0.5) is 0 Å². The van der Waals surface area contributed by atoms with Crippen molar-refractivity contribution in [3.05, 3.63) is 34.9 Å². The smallest absolute Gasteiger partial charge is 0.0377 e. The topological polar surface area (TPSA) is 12.0 Å². The second-order valence-electron chi connectivity index (χ2n) is 7.15. The molecule has 1 nitrogen and oxygen atoms in total. The molecule has 0 aromatic heterocycles. The first kappa shape index (κ1) is 15.1. The van der Waals surface area contributed by atoms with E-state index in [0.29, 0.717) is 11.5 Å². The van der Waals surface area contributed by atoms with Gasteiger partial charge in [-0.25, -0.2) is 0 Å². The van der Waals surface area contributed by atoms with Gasteiger partial charge in [0.1, 0.15) is 0 Å².